The van der Waals surface area contributed by atoms with Gasteiger partial charge in [-0.15, -0.1) is 11.3 Å². The number of furan rings is 1. The molecule has 0 radical (unpaired) electrons. The second kappa shape index (κ2) is 13.1. The molecule has 3 heterocycles. The zero-order chi connectivity index (χ0) is 38.2. The largest absolute Gasteiger partial charge is 0.455 e. The van der Waals surface area contributed by atoms with Crippen molar-refractivity contribution >= 4 is 92.3 Å². The number of anilines is 3. The van der Waals surface area contributed by atoms with Crippen molar-refractivity contribution in [3.05, 3.63) is 206 Å². The zero-order valence-corrected chi connectivity index (χ0v) is 32.2. The van der Waals surface area contributed by atoms with Crippen LogP contribution in [0, 0.1) is 0 Å². The fourth-order valence-electron chi connectivity index (χ4n) is 8.96. The van der Waals surface area contributed by atoms with Crippen molar-refractivity contribution in [1.82, 2.24) is 4.57 Å². The van der Waals surface area contributed by atoms with Crippen LogP contribution >= 0.6 is 11.3 Å². The van der Waals surface area contributed by atoms with E-state index in [1.54, 1.807) is 0 Å². The Morgan fingerprint density at radius 3 is 1.79 bits per heavy atom. The summed E-state index contributed by atoms with van der Waals surface area (Å²) in [6.45, 7) is 0. The van der Waals surface area contributed by atoms with E-state index >= 15 is 0 Å². The molecule has 4 heteroatoms. The maximum Gasteiger partial charge on any atom is 0.145 e. The average Bonchev–Trinajstić information content (AvgIpc) is 3.97. The maximum atomic E-state index is 6.81. The van der Waals surface area contributed by atoms with Crippen LogP contribution in [0.3, 0.4) is 0 Å². The normalized spacial score (nSPS) is 11.8. The molecule has 272 valence electrons. The van der Waals surface area contributed by atoms with Crippen LogP contribution in [0.4, 0.5) is 17.1 Å². The summed E-state index contributed by atoms with van der Waals surface area (Å²) < 4.78 is 11.7. The molecule has 0 N–H and O–H groups in total. The van der Waals surface area contributed by atoms with Crippen molar-refractivity contribution in [2.75, 3.05) is 4.90 Å². The summed E-state index contributed by atoms with van der Waals surface area (Å²) in [6, 6.07) is 74.4. The summed E-state index contributed by atoms with van der Waals surface area (Å²) in [5.74, 6) is 0. The minimum atomic E-state index is 0.871. The first kappa shape index (κ1) is 32.8. The van der Waals surface area contributed by atoms with Gasteiger partial charge in [-0.05, 0) is 83.4 Å². The number of benzene rings is 9. The molecular weight excluding hydrogens is 725 g/mol. The zero-order valence-electron chi connectivity index (χ0n) is 31.3. The van der Waals surface area contributed by atoms with Crippen molar-refractivity contribution in [3.63, 3.8) is 0 Å². The van der Waals surface area contributed by atoms with Crippen LogP contribution in [-0.2, 0) is 0 Å². The molecule has 0 saturated carbocycles. The molecule has 9 aromatic carbocycles. The lowest BCUT2D eigenvalue weighted by molar-refractivity contribution is 0.670. The number of thiophene rings is 1. The van der Waals surface area contributed by atoms with Gasteiger partial charge < -0.3 is 13.9 Å². The number of hydrogen-bond donors (Lipinski definition) is 0. The molecular formula is C54H34N2OS. The van der Waals surface area contributed by atoms with Gasteiger partial charge in [0.1, 0.15) is 11.2 Å². The highest BCUT2D eigenvalue weighted by atomic mass is 32.1. The Bertz CT molecular complexity index is 3470. The average molecular weight is 759 g/mol. The Labute approximate surface area is 338 Å². The van der Waals surface area contributed by atoms with E-state index < -0.39 is 0 Å². The Hall–Kier alpha value is -7.40. The van der Waals surface area contributed by atoms with E-state index in [-0.39, 0.29) is 0 Å². The molecule has 12 rings (SSSR count). The van der Waals surface area contributed by atoms with Crippen LogP contribution in [0.25, 0.3) is 91.9 Å². The third-order valence-electron chi connectivity index (χ3n) is 11.6. The van der Waals surface area contributed by atoms with E-state index in [1.165, 1.54) is 53.1 Å². The number of rotatable bonds is 6. The first-order valence-electron chi connectivity index (χ1n) is 19.7. The highest BCUT2D eigenvalue weighted by Crippen LogP contribution is 2.48. The van der Waals surface area contributed by atoms with E-state index in [0.717, 1.165) is 55.8 Å². The van der Waals surface area contributed by atoms with E-state index in [4.69, 9.17) is 4.42 Å². The van der Waals surface area contributed by atoms with Crippen LogP contribution in [0.15, 0.2) is 211 Å². The molecule has 0 fully saturated rings. The van der Waals surface area contributed by atoms with Gasteiger partial charge in [-0.3, -0.25) is 0 Å². The first-order chi connectivity index (χ1) is 28.8. The van der Waals surface area contributed by atoms with Crippen molar-refractivity contribution < 1.29 is 4.42 Å². The van der Waals surface area contributed by atoms with Gasteiger partial charge in [-0.25, -0.2) is 0 Å². The van der Waals surface area contributed by atoms with Crippen LogP contribution in [0.2, 0.25) is 0 Å². The van der Waals surface area contributed by atoms with Crippen molar-refractivity contribution in [1.29, 1.82) is 0 Å². The lowest BCUT2D eigenvalue weighted by atomic mass is 9.99. The number of para-hydroxylation sites is 3. The monoisotopic (exact) mass is 758 g/mol. The number of hydrogen-bond acceptors (Lipinski definition) is 3. The number of aromatic nitrogens is 1. The molecule has 0 aliphatic carbocycles. The predicted octanol–water partition coefficient (Wildman–Crippen LogP) is 15.9. The molecule has 0 aliphatic heterocycles. The molecule has 58 heavy (non-hydrogen) atoms. The van der Waals surface area contributed by atoms with E-state index in [1.807, 2.05) is 11.3 Å². The van der Waals surface area contributed by atoms with E-state index in [0.29, 0.717) is 0 Å². The molecule has 0 saturated heterocycles. The highest BCUT2D eigenvalue weighted by Gasteiger charge is 2.24. The SMILES string of the molecule is c1ccc(-c2ccc3c(c2)sc2cc(N(c4cccc(-n5c6ccccc6c6ccccc65)c4)c4ccc(-c5ccccc5)c5oc6ccccc6c45)ccc23)cc1. The Morgan fingerprint density at radius 2 is 1.03 bits per heavy atom. The van der Waals surface area contributed by atoms with Gasteiger partial charge in [0.15, 0.2) is 0 Å². The van der Waals surface area contributed by atoms with Crippen molar-refractivity contribution in [2.45, 2.75) is 0 Å². The van der Waals surface area contributed by atoms with Crippen LogP contribution < -0.4 is 4.90 Å². The second-order valence-corrected chi connectivity index (χ2v) is 16.0. The molecule has 3 aromatic heterocycles. The molecule has 0 bridgehead atoms. The van der Waals surface area contributed by atoms with Gasteiger partial charge in [0.05, 0.1) is 22.1 Å². The summed E-state index contributed by atoms with van der Waals surface area (Å²) in [5, 5.41) is 7.21. The summed E-state index contributed by atoms with van der Waals surface area (Å²) in [6.07, 6.45) is 0. The van der Waals surface area contributed by atoms with E-state index in [2.05, 4.69) is 216 Å². The molecule has 0 aliphatic rings. The van der Waals surface area contributed by atoms with Crippen LogP contribution in [-0.4, -0.2) is 4.57 Å². The first-order valence-corrected chi connectivity index (χ1v) is 20.5. The van der Waals surface area contributed by atoms with Gasteiger partial charge in [0, 0.05) is 59.0 Å². The van der Waals surface area contributed by atoms with Gasteiger partial charge >= 0.3 is 0 Å². The minimum Gasteiger partial charge on any atom is -0.455 e. The topological polar surface area (TPSA) is 21.3 Å². The summed E-state index contributed by atoms with van der Waals surface area (Å²) >= 11 is 1.85. The number of nitrogens with zero attached hydrogens (tertiary/aromatic N) is 2. The van der Waals surface area contributed by atoms with E-state index in [9.17, 15) is 0 Å². The summed E-state index contributed by atoms with van der Waals surface area (Å²) in [4.78, 5) is 2.43. The van der Waals surface area contributed by atoms with Gasteiger partial charge in [-0.2, -0.15) is 0 Å². The smallest absolute Gasteiger partial charge is 0.145 e. The molecule has 3 nitrogen and oxygen atoms in total. The third-order valence-corrected chi connectivity index (χ3v) is 12.7. The quantitative estimate of drug-likeness (QED) is 0.168. The Morgan fingerprint density at radius 1 is 0.414 bits per heavy atom. The Balaban J connectivity index is 1.11. The standard InChI is InChI=1S/C54H34N2OS/c1-3-14-35(15-4-1)37-26-28-44-45-29-27-40(34-52(45)58-51(44)32-37)55(38-18-13-19-39(33-38)56-47-23-10-7-20-42(47)43-21-8-11-24-48(43)56)49-31-30-41(36-16-5-2-6-17-36)54-53(49)46-22-9-12-25-50(46)57-54/h1-34H. The predicted molar refractivity (Wildman–Crippen MR) is 247 cm³/mol. The fraction of sp³-hybridized carbons (Fsp3) is 0. The molecule has 0 atom stereocenters. The molecule has 12 aromatic rings. The molecule has 0 unspecified atom stereocenters. The maximum absolute atomic E-state index is 6.81. The van der Waals surface area contributed by atoms with Crippen molar-refractivity contribution in [3.8, 4) is 27.9 Å². The Kier molecular flexibility index (Phi) is 7.40. The second-order valence-electron chi connectivity index (χ2n) is 14.9. The third kappa shape index (κ3) is 5.12. The highest BCUT2D eigenvalue weighted by molar-refractivity contribution is 7.25. The van der Waals surface area contributed by atoms with Crippen molar-refractivity contribution in [2.24, 2.45) is 0 Å². The molecule has 0 amide bonds. The lowest BCUT2D eigenvalue weighted by Gasteiger charge is -2.27. The minimum absolute atomic E-state index is 0.871. The summed E-state index contributed by atoms with van der Waals surface area (Å²) in [5.41, 5.74) is 13.1. The fourth-order valence-corrected chi connectivity index (χ4v) is 10.1. The number of fused-ring (bicyclic) bond motifs is 9. The summed E-state index contributed by atoms with van der Waals surface area (Å²) in [7, 11) is 0. The molecule has 0 spiro atoms. The lowest BCUT2D eigenvalue weighted by Crippen LogP contribution is -2.11. The van der Waals surface area contributed by atoms with Gasteiger partial charge in [0.2, 0.25) is 0 Å². The van der Waals surface area contributed by atoms with Crippen LogP contribution in [0.1, 0.15) is 0 Å². The van der Waals surface area contributed by atoms with Gasteiger partial charge in [0.25, 0.3) is 0 Å². The van der Waals surface area contributed by atoms with Crippen LogP contribution in [0.5, 0.6) is 0 Å². The van der Waals surface area contributed by atoms with Gasteiger partial charge in [-0.1, -0.05) is 140 Å².